The first-order valence-electron chi connectivity index (χ1n) is 5.88. The number of carbonyl (C=O) groups is 1. The Kier molecular flexibility index (Phi) is 5.68. The molecule has 0 aliphatic carbocycles. The molecule has 1 rings (SSSR count). The Morgan fingerprint density at radius 3 is 2.94 bits per heavy atom. The summed E-state index contributed by atoms with van der Waals surface area (Å²) in [6, 6.07) is 0. The van der Waals surface area contributed by atoms with E-state index in [9.17, 15) is 9.90 Å². The van der Waals surface area contributed by atoms with Gasteiger partial charge in [-0.15, -0.1) is 0 Å². The standard InChI is InChI=1S/C12H21N3O2S/c1-12(17,9-18-3)8-13-11(16)5-4-10-6-14-15(2)7-10/h6-7,17H,4-5,8-9H2,1-3H3,(H,13,16). The molecule has 0 fully saturated rings. The van der Waals surface area contributed by atoms with Gasteiger partial charge in [-0.3, -0.25) is 9.48 Å². The SMILES string of the molecule is CSCC(C)(O)CNC(=O)CCc1cnn(C)c1. The Morgan fingerprint density at radius 1 is 1.67 bits per heavy atom. The maximum atomic E-state index is 11.6. The Balaban J connectivity index is 2.26. The van der Waals surface area contributed by atoms with Crippen LogP contribution < -0.4 is 5.32 Å². The van der Waals surface area contributed by atoms with Crippen LogP contribution in [0.5, 0.6) is 0 Å². The first-order chi connectivity index (χ1) is 8.43. The molecule has 1 heterocycles. The fourth-order valence-electron chi connectivity index (χ4n) is 1.60. The van der Waals surface area contributed by atoms with Crippen LogP contribution in [0.15, 0.2) is 12.4 Å². The van der Waals surface area contributed by atoms with E-state index < -0.39 is 5.60 Å². The van der Waals surface area contributed by atoms with Crippen LogP contribution in [0.3, 0.4) is 0 Å². The number of aromatic nitrogens is 2. The van der Waals surface area contributed by atoms with Crippen LogP contribution in [0.25, 0.3) is 0 Å². The van der Waals surface area contributed by atoms with Crippen LogP contribution in [-0.2, 0) is 18.3 Å². The summed E-state index contributed by atoms with van der Waals surface area (Å²) >= 11 is 1.56. The highest BCUT2D eigenvalue weighted by atomic mass is 32.2. The van der Waals surface area contributed by atoms with Crippen LogP contribution in [0.2, 0.25) is 0 Å². The number of aryl methyl sites for hydroxylation is 2. The molecule has 0 aliphatic rings. The monoisotopic (exact) mass is 271 g/mol. The molecule has 1 aromatic rings. The maximum absolute atomic E-state index is 11.6. The summed E-state index contributed by atoms with van der Waals surface area (Å²) in [4.78, 5) is 11.6. The molecule has 0 spiro atoms. The number of nitrogens with one attached hydrogen (secondary N) is 1. The zero-order valence-corrected chi connectivity index (χ0v) is 12.0. The molecule has 0 radical (unpaired) electrons. The topological polar surface area (TPSA) is 67.2 Å². The highest BCUT2D eigenvalue weighted by molar-refractivity contribution is 7.98. The van der Waals surface area contributed by atoms with E-state index in [1.165, 1.54) is 0 Å². The summed E-state index contributed by atoms with van der Waals surface area (Å²) in [7, 11) is 1.85. The van der Waals surface area contributed by atoms with E-state index >= 15 is 0 Å². The van der Waals surface area contributed by atoms with Crippen molar-refractivity contribution in [1.29, 1.82) is 0 Å². The lowest BCUT2D eigenvalue weighted by Gasteiger charge is -2.22. The molecule has 102 valence electrons. The second kappa shape index (κ2) is 6.80. The Morgan fingerprint density at radius 2 is 2.39 bits per heavy atom. The molecule has 18 heavy (non-hydrogen) atoms. The highest BCUT2D eigenvalue weighted by Gasteiger charge is 2.20. The number of carbonyl (C=O) groups excluding carboxylic acids is 1. The molecule has 0 bridgehead atoms. The van der Waals surface area contributed by atoms with Gasteiger partial charge in [0.05, 0.1) is 11.8 Å². The van der Waals surface area contributed by atoms with E-state index in [0.717, 1.165) is 5.56 Å². The van der Waals surface area contributed by atoms with Gasteiger partial charge in [-0.05, 0) is 25.2 Å². The minimum atomic E-state index is -0.844. The van der Waals surface area contributed by atoms with Crippen molar-refractivity contribution in [2.75, 3.05) is 18.6 Å². The number of hydrogen-bond donors (Lipinski definition) is 2. The van der Waals surface area contributed by atoms with Gasteiger partial charge >= 0.3 is 0 Å². The van der Waals surface area contributed by atoms with Gasteiger partial charge in [-0.2, -0.15) is 16.9 Å². The van der Waals surface area contributed by atoms with Gasteiger partial charge in [0.15, 0.2) is 0 Å². The number of hydrogen-bond acceptors (Lipinski definition) is 4. The first kappa shape index (κ1) is 15.0. The van der Waals surface area contributed by atoms with E-state index in [2.05, 4.69) is 10.4 Å². The molecule has 1 unspecified atom stereocenters. The van der Waals surface area contributed by atoms with Gasteiger partial charge in [0.1, 0.15) is 0 Å². The van der Waals surface area contributed by atoms with Crippen molar-refractivity contribution in [3.8, 4) is 0 Å². The van der Waals surface area contributed by atoms with Crippen LogP contribution in [0.1, 0.15) is 18.9 Å². The van der Waals surface area contributed by atoms with Crippen molar-refractivity contribution in [2.24, 2.45) is 7.05 Å². The Hall–Kier alpha value is -1.01. The average molecular weight is 271 g/mol. The fraction of sp³-hybridized carbons (Fsp3) is 0.667. The summed E-state index contributed by atoms with van der Waals surface area (Å²) in [5.41, 5.74) is 0.201. The second-order valence-corrected chi connectivity index (χ2v) is 5.59. The Labute approximate surface area is 112 Å². The zero-order chi connectivity index (χ0) is 13.6. The number of amides is 1. The number of thioether (sulfide) groups is 1. The third-order valence-corrected chi connectivity index (χ3v) is 3.43. The van der Waals surface area contributed by atoms with Crippen molar-refractivity contribution in [2.45, 2.75) is 25.4 Å². The summed E-state index contributed by atoms with van der Waals surface area (Å²) < 4.78 is 1.72. The lowest BCUT2D eigenvalue weighted by molar-refractivity contribution is -0.122. The van der Waals surface area contributed by atoms with E-state index in [1.54, 1.807) is 29.6 Å². The smallest absolute Gasteiger partial charge is 0.220 e. The van der Waals surface area contributed by atoms with Gasteiger partial charge in [-0.25, -0.2) is 0 Å². The minimum Gasteiger partial charge on any atom is -0.387 e. The molecule has 5 nitrogen and oxygen atoms in total. The van der Waals surface area contributed by atoms with Crippen molar-refractivity contribution in [1.82, 2.24) is 15.1 Å². The highest BCUT2D eigenvalue weighted by Crippen LogP contribution is 2.09. The predicted molar refractivity (Wildman–Crippen MR) is 73.5 cm³/mol. The van der Waals surface area contributed by atoms with Crippen LogP contribution in [-0.4, -0.2) is 44.9 Å². The molecular formula is C12H21N3O2S. The van der Waals surface area contributed by atoms with Gasteiger partial charge in [0.2, 0.25) is 5.91 Å². The first-order valence-corrected chi connectivity index (χ1v) is 7.28. The number of aliphatic hydroxyl groups is 1. The molecule has 0 saturated heterocycles. The molecule has 0 aliphatic heterocycles. The van der Waals surface area contributed by atoms with Crippen molar-refractivity contribution >= 4 is 17.7 Å². The normalized spacial score (nSPS) is 14.2. The maximum Gasteiger partial charge on any atom is 0.220 e. The molecular weight excluding hydrogens is 250 g/mol. The van der Waals surface area contributed by atoms with E-state index in [-0.39, 0.29) is 5.91 Å². The molecule has 1 atom stereocenters. The molecule has 6 heteroatoms. The van der Waals surface area contributed by atoms with Crippen LogP contribution in [0.4, 0.5) is 0 Å². The van der Waals surface area contributed by atoms with E-state index in [4.69, 9.17) is 0 Å². The van der Waals surface area contributed by atoms with Gasteiger partial charge < -0.3 is 10.4 Å². The second-order valence-electron chi connectivity index (χ2n) is 4.73. The summed E-state index contributed by atoms with van der Waals surface area (Å²) in [5, 5.41) is 16.7. The largest absolute Gasteiger partial charge is 0.387 e. The molecule has 0 saturated carbocycles. The van der Waals surface area contributed by atoms with Gasteiger partial charge in [0.25, 0.3) is 0 Å². The molecule has 0 aromatic carbocycles. The molecule has 1 amide bonds. The average Bonchev–Trinajstić information content (AvgIpc) is 2.70. The lowest BCUT2D eigenvalue weighted by Crippen LogP contribution is -2.42. The summed E-state index contributed by atoms with van der Waals surface area (Å²) in [5.74, 6) is 0.566. The third-order valence-electron chi connectivity index (χ3n) is 2.52. The lowest BCUT2D eigenvalue weighted by atomic mass is 10.1. The molecule has 1 aromatic heterocycles. The predicted octanol–water partition coefficient (Wildman–Crippen LogP) is 0.583. The zero-order valence-electron chi connectivity index (χ0n) is 11.1. The van der Waals surface area contributed by atoms with Crippen molar-refractivity contribution < 1.29 is 9.90 Å². The summed E-state index contributed by atoms with van der Waals surface area (Å²) in [6.45, 7) is 2.02. The summed E-state index contributed by atoms with van der Waals surface area (Å²) in [6.07, 6.45) is 6.68. The van der Waals surface area contributed by atoms with Crippen LogP contribution >= 0.6 is 11.8 Å². The number of rotatable bonds is 7. The number of nitrogens with zero attached hydrogens (tertiary/aromatic N) is 2. The van der Waals surface area contributed by atoms with Crippen molar-refractivity contribution in [3.05, 3.63) is 18.0 Å². The van der Waals surface area contributed by atoms with Crippen molar-refractivity contribution in [3.63, 3.8) is 0 Å². The Bertz CT molecular complexity index is 390. The third kappa shape index (κ3) is 5.55. The minimum absolute atomic E-state index is 0.0415. The van der Waals surface area contributed by atoms with E-state index in [1.807, 2.05) is 19.5 Å². The molecule has 2 N–H and O–H groups in total. The van der Waals surface area contributed by atoms with Gasteiger partial charge in [-0.1, -0.05) is 0 Å². The van der Waals surface area contributed by atoms with Crippen LogP contribution in [0, 0.1) is 0 Å². The quantitative estimate of drug-likeness (QED) is 0.761. The fourth-order valence-corrected chi connectivity index (χ4v) is 2.32. The van der Waals surface area contributed by atoms with E-state index in [0.29, 0.717) is 25.1 Å². The van der Waals surface area contributed by atoms with Gasteiger partial charge in [0, 0.05) is 32.0 Å².